The second kappa shape index (κ2) is 5.99. The Morgan fingerprint density at radius 2 is 2.25 bits per heavy atom. The van der Waals surface area contributed by atoms with Crippen LogP contribution in [0.4, 0.5) is 0 Å². The molecule has 1 aromatic heterocycles. The zero-order valence-corrected chi connectivity index (χ0v) is 9.56. The molecule has 0 atom stereocenters. The molecule has 6 nitrogen and oxygen atoms in total. The van der Waals surface area contributed by atoms with Crippen LogP contribution in [0.1, 0.15) is 26.0 Å². The van der Waals surface area contributed by atoms with Crippen molar-refractivity contribution in [1.82, 2.24) is 20.3 Å². The van der Waals surface area contributed by atoms with E-state index in [1.807, 2.05) is 6.92 Å². The highest BCUT2D eigenvalue weighted by Gasteiger charge is 2.05. The number of Topliss-reactive ketones (excluding diaryl/α,β-unsaturated/α-hetero) is 1. The zero-order valence-electron chi connectivity index (χ0n) is 9.56. The van der Waals surface area contributed by atoms with Gasteiger partial charge in [-0.05, 0) is 13.8 Å². The van der Waals surface area contributed by atoms with Gasteiger partial charge in [-0.1, -0.05) is 5.21 Å². The molecule has 0 spiro atoms. The Morgan fingerprint density at radius 3 is 2.88 bits per heavy atom. The highest BCUT2D eigenvalue weighted by atomic mass is 16.1. The second-order valence-electron chi connectivity index (χ2n) is 3.56. The van der Waals surface area contributed by atoms with Crippen molar-refractivity contribution < 1.29 is 9.59 Å². The van der Waals surface area contributed by atoms with Crippen LogP contribution in [-0.2, 0) is 22.6 Å². The lowest BCUT2D eigenvalue weighted by molar-refractivity contribution is -0.121. The number of carbonyl (C=O) groups excluding carboxylic acids is 2. The quantitative estimate of drug-likeness (QED) is 0.734. The first-order valence-electron chi connectivity index (χ1n) is 5.27. The molecule has 0 bridgehead atoms. The second-order valence-corrected chi connectivity index (χ2v) is 3.56. The Morgan fingerprint density at radius 1 is 1.50 bits per heavy atom. The van der Waals surface area contributed by atoms with Crippen LogP contribution in [0.25, 0.3) is 0 Å². The fourth-order valence-electron chi connectivity index (χ4n) is 1.29. The predicted octanol–water partition coefficient (Wildman–Crippen LogP) is -0.0642. The van der Waals surface area contributed by atoms with Crippen molar-refractivity contribution in [2.75, 3.05) is 6.54 Å². The van der Waals surface area contributed by atoms with Crippen LogP contribution >= 0.6 is 0 Å². The molecule has 0 aliphatic rings. The van der Waals surface area contributed by atoms with Gasteiger partial charge in [-0.2, -0.15) is 0 Å². The van der Waals surface area contributed by atoms with E-state index in [9.17, 15) is 9.59 Å². The van der Waals surface area contributed by atoms with E-state index in [-0.39, 0.29) is 18.2 Å². The molecule has 0 fully saturated rings. The third kappa shape index (κ3) is 4.20. The minimum absolute atomic E-state index is 0.00335. The van der Waals surface area contributed by atoms with Crippen LogP contribution in [0.3, 0.4) is 0 Å². The Labute approximate surface area is 94.0 Å². The van der Waals surface area contributed by atoms with Gasteiger partial charge in [-0.25, -0.2) is 4.68 Å². The highest BCUT2D eigenvalue weighted by molar-refractivity contribution is 5.76. The van der Waals surface area contributed by atoms with Gasteiger partial charge in [0.05, 0.1) is 5.69 Å². The molecule has 88 valence electrons. The molecule has 1 rings (SSSR count). The summed E-state index contributed by atoms with van der Waals surface area (Å²) in [6.45, 7) is 4.24. The number of hydrogen-bond acceptors (Lipinski definition) is 4. The Balaban J connectivity index is 2.40. The number of aromatic nitrogens is 3. The number of amides is 1. The fraction of sp³-hybridized carbons (Fsp3) is 0.600. The third-order valence-electron chi connectivity index (χ3n) is 1.95. The number of rotatable bonds is 6. The lowest BCUT2D eigenvalue weighted by Crippen LogP contribution is -2.22. The van der Waals surface area contributed by atoms with Crippen LogP contribution in [0.15, 0.2) is 6.20 Å². The number of nitrogens with zero attached hydrogens (tertiary/aromatic N) is 3. The fourth-order valence-corrected chi connectivity index (χ4v) is 1.29. The SMILES string of the molecule is CCNC(=O)CCc1cn(CC(C)=O)nn1. The predicted molar refractivity (Wildman–Crippen MR) is 57.7 cm³/mol. The van der Waals surface area contributed by atoms with Gasteiger partial charge in [-0.15, -0.1) is 5.10 Å². The van der Waals surface area contributed by atoms with E-state index < -0.39 is 0 Å². The normalized spacial score (nSPS) is 10.1. The molecule has 1 amide bonds. The molecule has 0 aliphatic carbocycles. The summed E-state index contributed by atoms with van der Waals surface area (Å²) in [5, 5.41) is 10.4. The summed E-state index contributed by atoms with van der Waals surface area (Å²) >= 11 is 0. The van der Waals surface area contributed by atoms with Crippen molar-refractivity contribution in [3.8, 4) is 0 Å². The standard InChI is InChI=1S/C10H16N4O2/c1-3-11-10(16)5-4-9-7-14(13-12-9)6-8(2)15/h7H,3-6H2,1-2H3,(H,11,16). The van der Waals surface area contributed by atoms with Crippen molar-refractivity contribution in [2.24, 2.45) is 0 Å². The number of nitrogens with one attached hydrogen (secondary N) is 1. The maximum absolute atomic E-state index is 11.2. The third-order valence-corrected chi connectivity index (χ3v) is 1.95. The molecule has 0 saturated carbocycles. The molecule has 1 heterocycles. The lowest BCUT2D eigenvalue weighted by Gasteiger charge is -1.98. The molecule has 6 heteroatoms. The molecule has 0 aromatic carbocycles. The average Bonchev–Trinajstić information content (AvgIpc) is 2.62. The average molecular weight is 224 g/mol. The molecule has 0 saturated heterocycles. The van der Waals surface area contributed by atoms with E-state index >= 15 is 0 Å². The van der Waals surface area contributed by atoms with E-state index in [0.29, 0.717) is 19.4 Å². The molecule has 0 radical (unpaired) electrons. The minimum atomic E-state index is 0.00335. The van der Waals surface area contributed by atoms with Crippen molar-refractivity contribution >= 4 is 11.7 Å². The molecular formula is C10H16N4O2. The van der Waals surface area contributed by atoms with Gasteiger partial charge in [0.1, 0.15) is 6.54 Å². The Bertz CT molecular complexity index is 373. The van der Waals surface area contributed by atoms with Gasteiger partial charge in [0.2, 0.25) is 5.91 Å². The molecular weight excluding hydrogens is 208 g/mol. The molecule has 16 heavy (non-hydrogen) atoms. The summed E-state index contributed by atoms with van der Waals surface area (Å²) in [4.78, 5) is 22.0. The molecule has 0 aliphatic heterocycles. The van der Waals surface area contributed by atoms with Gasteiger partial charge in [0.25, 0.3) is 0 Å². The maximum Gasteiger partial charge on any atom is 0.220 e. The van der Waals surface area contributed by atoms with Gasteiger partial charge >= 0.3 is 0 Å². The van der Waals surface area contributed by atoms with E-state index in [0.717, 1.165) is 5.69 Å². The summed E-state index contributed by atoms with van der Waals surface area (Å²) in [5.74, 6) is 0.0313. The number of hydrogen-bond donors (Lipinski definition) is 1. The van der Waals surface area contributed by atoms with Gasteiger partial charge in [-0.3, -0.25) is 9.59 Å². The smallest absolute Gasteiger partial charge is 0.220 e. The van der Waals surface area contributed by atoms with Crippen LogP contribution in [-0.4, -0.2) is 33.2 Å². The summed E-state index contributed by atoms with van der Waals surface area (Å²) in [6.07, 6.45) is 2.64. The monoisotopic (exact) mass is 224 g/mol. The van der Waals surface area contributed by atoms with Gasteiger partial charge in [0.15, 0.2) is 5.78 Å². The summed E-state index contributed by atoms with van der Waals surface area (Å²) in [5.41, 5.74) is 0.729. The Hall–Kier alpha value is -1.72. The molecule has 1 N–H and O–H groups in total. The first-order chi connectivity index (χ1) is 7.61. The maximum atomic E-state index is 11.2. The van der Waals surface area contributed by atoms with Crippen LogP contribution < -0.4 is 5.32 Å². The van der Waals surface area contributed by atoms with Crippen molar-refractivity contribution in [3.05, 3.63) is 11.9 Å². The zero-order chi connectivity index (χ0) is 12.0. The van der Waals surface area contributed by atoms with Crippen LogP contribution in [0.2, 0.25) is 0 Å². The first-order valence-corrected chi connectivity index (χ1v) is 5.27. The van der Waals surface area contributed by atoms with E-state index in [1.54, 1.807) is 6.20 Å². The summed E-state index contributed by atoms with van der Waals surface area (Å²) in [7, 11) is 0. The first kappa shape index (κ1) is 12.4. The topological polar surface area (TPSA) is 76.9 Å². The van der Waals surface area contributed by atoms with Crippen molar-refractivity contribution in [3.63, 3.8) is 0 Å². The number of aryl methyl sites for hydroxylation is 1. The molecule has 1 aromatic rings. The number of ketones is 1. The van der Waals surface area contributed by atoms with Crippen LogP contribution in [0, 0.1) is 0 Å². The van der Waals surface area contributed by atoms with E-state index in [4.69, 9.17) is 0 Å². The van der Waals surface area contributed by atoms with Gasteiger partial charge < -0.3 is 5.32 Å². The highest BCUT2D eigenvalue weighted by Crippen LogP contribution is 1.98. The number of carbonyl (C=O) groups is 2. The summed E-state index contributed by atoms with van der Waals surface area (Å²) in [6, 6.07) is 0. The Kier molecular flexibility index (Phi) is 4.63. The largest absolute Gasteiger partial charge is 0.356 e. The van der Waals surface area contributed by atoms with Gasteiger partial charge in [0, 0.05) is 25.6 Å². The van der Waals surface area contributed by atoms with Crippen molar-refractivity contribution in [2.45, 2.75) is 33.2 Å². The lowest BCUT2D eigenvalue weighted by atomic mass is 10.2. The molecule has 0 unspecified atom stereocenters. The minimum Gasteiger partial charge on any atom is -0.356 e. The van der Waals surface area contributed by atoms with E-state index in [2.05, 4.69) is 15.6 Å². The van der Waals surface area contributed by atoms with E-state index in [1.165, 1.54) is 11.6 Å². The summed E-state index contributed by atoms with van der Waals surface area (Å²) < 4.78 is 1.48. The van der Waals surface area contributed by atoms with Crippen molar-refractivity contribution in [1.29, 1.82) is 0 Å². The van der Waals surface area contributed by atoms with Crippen LogP contribution in [0.5, 0.6) is 0 Å².